The molecule has 0 heterocycles. The molecule has 3 aromatic carbocycles. The van der Waals surface area contributed by atoms with Crippen LogP contribution in [0.4, 0.5) is 5.69 Å². The summed E-state index contributed by atoms with van der Waals surface area (Å²) in [6.45, 7) is 2.84. The fourth-order valence-electron chi connectivity index (χ4n) is 3.69. The van der Waals surface area contributed by atoms with Gasteiger partial charge in [0.15, 0.2) is 0 Å². The Hall–Kier alpha value is -3.07. The number of nitrogens with one attached hydrogen (secondary N) is 1. The van der Waals surface area contributed by atoms with Crippen LogP contribution < -0.4 is 9.62 Å². The number of nitrogens with zero attached hydrogens (tertiary/aromatic N) is 2. The summed E-state index contributed by atoms with van der Waals surface area (Å²) in [6.07, 6.45) is 0. The lowest BCUT2D eigenvalue weighted by molar-refractivity contribution is -0.139. The highest BCUT2D eigenvalue weighted by atomic mass is 35.5. The van der Waals surface area contributed by atoms with E-state index in [2.05, 4.69) is 5.32 Å². The molecule has 0 aliphatic heterocycles. The fourth-order valence-corrected chi connectivity index (χ4v) is 5.49. The van der Waals surface area contributed by atoms with Crippen molar-refractivity contribution in [2.24, 2.45) is 0 Å². The fraction of sp³-hybridized carbons (Fsp3) is 0.231. The van der Waals surface area contributed by atoms with Gasteiger partial charge >= 0.3 is 0 Å². The van der Waals surface area contributed by atoms with Gasteiger partial charge in [-0.05, 0) is 61.4 Å². The maximum absolute atomic E-state index is 13.7. The SMILES string of the molecule is CNC(=O)[C@@H](C)N(Cc1ccccc1Cl)C(=O)CN(c1ccccc1C)S(=O)(=O)c1ccc(Cl)cc1. The van der Waals surface area contributed by atoms with Gasteiger partial charge in [0, 0.05) is 23.6 Å². The highest BCUT2D eigenvalue weighted by Gasteiger charge is 2.33. The predicted octanol–water partition coefficient (Wildman–Crippen LogP) is 4.66. The number of aryl methyl sites for hydroxylation is 1. The normalized spacial score (nSPS) is 12.0. The van der Waals surface area contributed by atoms with E-state index in [1.165, 1.54) is 36.2 Å². The van der Waals surface area contributed by atoms with E-state index in [9.17, 15) is 18.0 Å². The van der Waals surface area contributed by atoms with Crippen molar-refractivity contribution in [1.29, 1.82) is 0 Å². The van der Waals surface area contributed by atoms with Crippen molar-refractivity contribution in [1.82, 2.24) is 10.2 Å². The predicted molar refractivity (Wildman–Crippen MR) is 143 cm³/mol. The van der Waals surface area contributed by atoms with Crippen molar-refractivity contribution in [2.75, 3.05) is 17.9 Å². The Morgan fingerprint density at radius 2 is 1.56 bits per heavy atom. The molecular weight excluding hydrogens is 521 g/mol. The summed E-state index contributed by atoms with van der Waals surface area (Å²) in [6, 6.07) is 18.7. The van der Waals surface area contributed by atoms with Gasteiger partial charge in [0.05, 0.1) is 10.6 Å². The van der Waals surface area contributed by atoms with Gasteiger partial charge in [-0.1, -0.05) is 59.6 Å². The molecule has 2 amide bonds. The molecule has 0 radical (unpaired) electrons. The van der Waals surface area contributed by atoms with Gasteiger partial charge in [0.1, 0.15) is 12.6 Å². The summed E-state index contributed by atoms with van der Waals surface area (Å²) in [4.78, 5) is 27.5. The molecule has 3 aromatic rings. The van der Waals surface area contributed by atoms with Crippen LogP contribution in [-0.4, -0.2) is 44.8 Å². The molecule has 7 nitrogen and oxygen atoms in total. The first-order valence-electron chi connectivity index (χ1n) is 11.1. The van der Waals surface area contributed by atoms with Crippen LogP contribution >= 0.6 is 23.2 Å². The smallest absolute Gasteiger partial charge is 0.264 e. The van der Waals surface area contributed by atoms with Gasteiger partial charge in [-0.2, -0.15) is 0 Å². The largest absolute Gasteiger partial charge is 0.357 e. The standard InChI is InChI=1S/C26H27Cl2N3O4S/c1-18-8-4-7-11-24(18)31(36(34,35)22-14-12-21(27)13-15-22)17-25(32)30(19(2)26(33)29-3)16-20-9-5-6-10-23(20)28/h4-15,19H,16-17H2,1-3H3,(H,29,33)/t19-/m1/s1. The van der Waals surface area contributed by atoms with Crippen LogP contribution in [0.3, 0.4) is 0 Å². The minimum absolute atomic E-state index is 0.0139. The average Bonchev–Trinajstić information content (AvgIpc) is 2.86. The number of halogens is 2. The number of likely N-dealkylation sites (N-methyl/N-ethyl adjacent to an activating group) is 1. The maximum atomic E-state index is 13.7. The molecule has 0 aliphatic carbocycles. The lowest BCUT2D eigenvalue weighted by Crippen LogP contribution is -2.50. The summed E-state index contributed by atoms with van der Waals surface area (Å²) in [5.74, 6) is -0.954. The molecule has 3 rings (SSSR count). The van der Waals surface area contributed by atoms with E-state index < -0.39 is 34.4 Å². The van der Waals surface area contributed by atoms with Gasteiger partial charge in [-0.15, -0.1) is 0 Å². The molecule has 1 N–H and O–H groups in total. The molecule has 0 spiro atoms. The summed E-state index contributed by atoms with van der Waals surface area (Å²) >= 11 is 12.3. The van der Waals surface area contributed by atoms with Gasteiger partial charge in [0.25, 0.3) is 10.0 Å². The Labute approximate surface area is 221 Å². The second kappa shape index (κ2) is 11.8. The van der Waals surface area contributed by atoms with Crippen LogP contribution in [0, 0.1) is 6.92 Å². The van der Waals surface area contributed by atoms with E-state index in [0.717, 1.165) is 4.31 Å². The molecule has 0 unspecified atom stereocenters. The first kappa shape index (κ1) is 27.5. The number of carbonyl (C=O) groups excluding carboxylic acids is 2. The average molecular weight is 548 g/mol. The molecule has 0 saturated heterocycles. The summed E-state index contributed by atoms with van der Waals surface area (Å²) in [5.41, 5.74) is 1.65. The zero-order chi connectivity index (χ0) is 26.5. The molecule has 36 heavy (non-hydrogen) atoms. The second-order valence-corrected chi connectivity index (χ2v) is 10.9. The van der Waals surface area contributed by atoms with Gasteiger partial charge in [-0.3, -0.25) is 13.9 Å². The third kappa shape index (κ3) is 6.19. The van der Waals surface area contributed by atoms with Crippen LogP contribution in [0.5, 0.6) is 0 Å². The molecule has 0 saturated carbocycles. The molecule has 190 valence electrons. The van der Waals surface area contributed by atoms with E-state index in [1.54, 1.807) is 62.4 Å². The highest BCUT2D eigenvalue weighted by Crippen LogP contribution is 2.28. The Bertz CT molecular complexity index is 1350. The van der Waals surface area contributed by atoms with Crippen molar-refractivity contribution in [3.8, 4) is 0 Å². The van der Waals surface area contributed by atoms with Crippen molar-refractivity contribution in [3.05, 3.63) is 94.0 Å². The number of amides is 2. The zero-order valence-electron chi connectivity index (χ0n) is 20.1. The highest BCUT2D eigenvalue weighted by molar-refractivity contribution is 7.92. The van der Waals surface area contributed by atoms with Crippen molar-refractivity contribution in [2.45, 2.75) is 31.3 Å². The van der Waals surface area contributed by atoms with Crippen LogP contribution in [0.2, 0.25) is 10.0 Å². The van der Waals surface area contributed by atoms with E-state index in [0.29, 0.717) is 26.9 Å². The number of rotatable bonds is 9. The number of hydrogen-bond acceptors (Lipinski definition) is 4. The Kier molecular flexibility index (Phi) is 9.00. The summed E-state index contributed by atoms with van der Waals surface area (Å²) in [7, 11) is -2.68. The van der Waals surface area contributed by atoms with Crippen molar-refractivity contribution >= 4 is 50.7 Å². The molecular formula is C26H27Cl2N3O4S. The second-order valence-electron chi connectivity index (χ2n) is 8.16. The van der Waals surface area contributed by atoms with Gasteiger partial charge < -0.3 is 10.2 Å². The van der Waals surface area contributed by atoms with Crippen molar-refractivity contribution in [3.63, 3.8) is 0 Å². The third-order valence-electron chi connectivity index (χ3n) is 5.78. The lowest BCUT2D eigenvalue weighted by atomic mass is 10.1. The number of carbonyl (C=O) groups is 2. The zero-order valence-corrected chi connectivity index (χ0v) is 22.4. The number of hydrogen-bond donors (Lipinski definition) is 1. The number of para-hydroxylation sites is 1. The monoisotopic (exact) mass is 547 g/mol. The molecule has 1 atom stereocenters. The summed E-state index contributed by atoms with van der Waals surface area (Å²) in [5, 5.41) is 3.37. The van der Waals surface area contributed by atoms with E-state index in [4.69, 9.17) is 23.2 Å². The van der Waals surface area contributed by atoms with E-state index >= 15 is 0 Å². The Morgan fingerprint density at radius 3 is 2.17 bits per heavy atom. The quantitative estimate of drug-likeness (QED) is 0.422. The third-order valence-corrected chi connectivity index (χ3v) is 8.17. The number of anilines is 1. The van der Waals surface area contributed by atoms with Crippen LogP contribution in [0.25, 0.3) is 0 Å². The minimum Gasteiger partial charge on any atom is -0.357 e. The Balaban J connectivity index is 2.06. The van der Waals surface area contributed by atoms with Gasteiger partial charge in [0.2, 0.25) is 11.8 Å². The van der Waals surface area contributed by atoms with E-state index in [-0.39, 0.29) is 11.4 Å². The molecule has 0 aliphatic rings. The van der Waals surface area contributed by atoms with Crippen LogP contribution in [0.15, 0.2) is 77.7 Å². The summed E-state index contributed by atoms with van der Waals surface area (Å²) < 4.78 is 28.5. The lowest BCUT2D eigenvalue weighted by Gasteiger charge is -2.32. The topological polar surface area (TPSA) is 86.8 Å². The van der Waals surface area contributed by atoms with Gasteiger partial charge in [-0.25, -0.2) is 8.42 Å². The van der Waals surface area contributed by atoms with E-state index in [1.807, 2.05) is 0 Å². The molecule has 0 bridgehead atoms. The molecule has 0 aromatic heterocycles. The van der Waals surface area contributed by atoms with Crippen LogP contribution in [0.1, 0.15) is 18.1 Å². The molecule has 10 heteroatoms. The first-order chi connectivity index (χ1) is 17.1. The van der Waals surface area contributed by atoms with Crippen LogP contribution in [-0.2, 0) is 26.2 Å². The molecule has 0 fully saturated rings. The maximum Gasteiger partial charge on any atom is 0.264 e. The first-order valence-corrected chi connectivity index (χ1v) is 13.3. The number of benzene rings is 3. The van der Waals surface area contributed by atoms with Crippen molar-refractivity contribution < 1.29 is 18.0 Å². The number of sulfonamides is 1. The Morgan fingerprint density at radius 1 is 0.944 bits per heavy atom. The minimum atomic E-state index is -4.15.